The molecule has 0 aromatic heterocycles. The summed E-state index contributed by atoms with van der Waals surface area (Å²) in [7, 11) is 3.31. The number of unbranched alkanes of at least 4 members (excludes halogenated alkanes) is 2. The SMILES string of the molecule is CCCCCc1ccc(C(=O)N2CCSC2c2cc(OC)ccc2OC)cc1. The van der Waals surface area contributed by atoms with E-state index in [-0.39, 0.29) is 11.3 Å². The fraction of sp³-hybridized carbons (Fsp3) is 0.435. The Kier molecular flexibility index (Phi) is 7.26. The van der Waals surface area contributed by atoms with E-state index in [2.05, 4.69) is 19.1 Å². The first-order valence-corrected chi connectivity index (χ1v) is 11.0. The molecule has 0 aliphatic carbocycles. The average molecular weight is 400 g/mol. The third-order valence-electron chi connectivity index (χ3n) is 5.12. The number of carbonyl (C=O) groups excluding carboxylic acids is 1. The molecular weight excluding hydrogens is 370 g/mol. The van der Waals surface area contributed by atoms with Gasteiger partial charge in [0.15, 0.2) is 0 Å². The van der Waals surface area contributed by atoms with E-state index >= 15 is 0 Å². The van der Waals surface area contributed by atoms with E-state index < -0.39 is 0 Å². The first-order chi connectivity index (χ1) is 13.7. The molecule has 3 rings (SSSR count). The van der Waals surface area contributed by atoms with Crippen LogP contribution in [0.25, 0.3) is 0 Å². The maximum absolute atomic E-state index is 13.2. The van der Waals surface area contributed by atoms with Crippen LogP contribution in [0.2, 0.25) is 0 Å². The van der Waals surface area contributed by atoms with Gasteiger partial charge in [-0.2, -0.15) is 0 Å². The summed E-state index contributed by atoms with van der Waals surface area (Å²) in [6.07, 6.45) is 4.74. The molecule has 0 saturated carbocycles. The molecule has 1 aliphatic rings. The standard InChI is InChI=1S/C23H29NO3S/c1-4-5-6-7-17-8-10-18(11-9-17)22(25)24-14-15-28-23(24)20-16-19(26-2)12-13-21(20)27-3/h8-13,16,23H,4-7,14-15H2,1-3H3. The minimum Gasteiger partial charge on any atom is -0.497 e. The van der Waals surface area contributed by atoms with Gasteiger partial charge in [0.25, 0.3) is 5.91 Å². The number of nitrogens with zero attached hydrogens (tertiary/aromatic N) is 1. The molecule has 2 aromatic rings. The van der Waals surface area contributed by atoms with Gasteiger partial charge >= 0.3 is 0 Å². The van der Waals surface area contributed by atoms with Gasteiger partial charge in [0, 0.05) is 23.4 Å². The van der Waals surface area contributed by atoms with E-state index in [4.69, 9.17) is 9.47 Å². The molecule has 1 saturated heterocycles. The van der Waals surface area contributed by atoms with Gasteiger partial charge in [-0.15, -0.1) is 11.8 Å². The number of methoxy groups -OCH3 is 2. The highest BCUT2D eigenvalue weighted by Gasteiger charge is 2.33. The molecule has 2 aromatic carbocycles. The van der Waals surface area contributed by atoms with E-state index in [0.29, 0.717) is 0 Å². The minimum absolute atomic E-state index is 0.0678. The highest BCUT2D eigenvalue weighted by atomic mass is 32.2. The monoisotopic (exact) mass is 399 g/mol. The van der Waals surface area contributed by atoms with Crippen LogP contribution in [0.4, 0.5) is 0 Å². The molecule has 1 atom stereocenters. The van der Waals surface area contributed by atoms with E-state index in [9.17, 15) is 4.79 Å². The number of benzene rings is 2. The summed E-state index contributed by atoms with van der Waals surface area (Å²) in [6.45, 7) is 2.94. The summed E-state index contributed by atoms with van der Waals surface area (Å²) in [4.78, 5) is 15.1. The highest BCUT2D eigenvalue weighted by molar-refractivity contribution is 7.99. The number of ether oxygens (including phenoxy) is 2. The highest BCUT2D eigenvalue weighted by Crippen LogP contribution is 2.43. The van der Waals surface area contributed by atoms with Crippen LogP contribution in [0.5, 0.6) is 11.5 Å². The van der Waals surface area contributed by atoms with Crippen molar-refractivity contribution in [3.63, 3.8) is 0 Å². The molecule has 0 radical (unpaired) electrons. The van der Waals surface area contributed by atoms with Gasteiger partial charge in [-0.3, -0.25) is 4.79 Å². The van der Waals surface area contributed by atoms with E-state index in [1.54, 1.807) is 26.0 Å². The van der Waals surface area contributed by atoms with Gasteiger partial charge in [0.05, 0.1) is 14.2 Å². The Balaban J connectivity index is 1.78. The van der Waals surface area contributed by atoms with E-state index in [1.807, 2.05) is 35.2 Å². The predicted octanol–water partition coefficient (Wildman–Crippen LogP) is 5.32. The number of hydrogen-bond acceptors (Lipinski definition) is 4. The van der Waals surface area contributed by atoms with Crippen molar-refractivity contribution >= 4 is 17.7 Å². The number of carbonyl (C=O) groups is 1. The number of thioether (sulfide) groups is 1. The lowest BCUT2D eigenvalue weighted by Gasteiger charge is -2.26. The number of hydrogen-bond donors (Lipinski definition) is 0. The van der Waals surface area contributed by atoms with Crippen LogP contribution in [0.15, 0.2) is 42.5 Å². The Morgan fingerprint density at radius 2 is 1.89 bits per heavy atom. The molecule has 150 valence electrons. The molecular formula is C23H29NO3S. The topological polar surface area (TPSA) is 38.8 Å². The number of rotatable bonds is 8. The molecule has 1 amide bonds. The Hall–Kier alpha value is -2.14. The molecule has 0 spiro atoms. The Morgan fingerprint density at radius 3 is 2.57 bits per heavy atom. The molecule has 1 fully saturated rings. The lowest BCUT2D eigenvalue weighted by Crippen LogP contribution is -2.30. The second-order valence-corrected chi connectivity index (χ2v) is 8.17. The quantitative estimate of drug-likeness (QED) is 0.563. The number of aryl methyl sites for hydroxylation is 1. The van der Waals surface area contributed by atoms with Gasteiger partial charge in [-0.05, 0) is 48.7 Å². The third kappa shape index (κ3) is 4.64. The van der Waals surface area contributed by atoms with Crippen molar-refractivity contribution in [1.82, 2.24) is 4.90 Å². The van der Waals surface area contributed by atoms with E-state index in [0.717, 1.165) is 41.3 Å². The molecule has 1 aliphatic heterocycles. The maximum Gasteiger partial charge on any atom is 0.255 e. The van der Waals surface area contributed by atoms with Gasteiger partial charge in [-0.1, -0.05) is 31.9 Å². The average Bonchev–Trinajstić information content (AvgIpc) is 3.23. The molecule has 0 N–H and O–H groups in total. The second kappa shape index (κ2) is 9.87. The lowest BCUT2D eigenvalue weighted by molar-refractivity contribution is 0.0759. The van der Waals surface area contributed by atoms with Crippen molar-refractivity contribution in [2.24, 2.45) is 0 Å². The van der Waals surface area contributed by atoms with Crippen molar-refractivity contribution in [1.29, 1.82) is 0 Å². The lowest BCUT2D eigenvalue weighted by atomic mass is 10.0. The summed E-state index contributed by atoms with van der Waals surface area (Å²) < 4.78 is 10.9. The Morgan fingerprint density at radius 1 is 1.11 bits per heavy atom. The van der Waals surface area contributed by atoms with Crippen molar-refractivity contribution in [3.05, 3.63) is 59.2 Å². The predicted molar refractivity (Wildman–Crippen MR) is 115 cm³/mol. The van der Waals surface area contributed by atoms with Crippen LogP contribution in [0, 0.1) is 0 Å². The first-order valence-electron chi connectivity index (χ1n) is 9.91. The van der Waals surface area contributed by atoms with Crippen LogP contribution < -0.4 is 9.47 Å². The van der Waals surface area contributed by atoms with Crippen LogP contribution in [0.3, 0.4) is 0 Å². The smallest absolute Gasteiger partial charge is 0.255 e. The zero-order valence-electron chi connectivity index (χ0n) is 16.9. The second-order valence-electron chi connectivity index (χ2n) is 6.98. The largest absolute Gasteiger partial charge is 0.497 e. The van der Waals surface area contributed by atoms with Gasteiger partial charge in [0.1, 0.15) is 16.9 Å². The van der Waals surface area contributed by atoms with Crippen LogP contribution in [0.1, 0.15) is 53.0 Å². The molecule has 5 heteroatoms. The van der Waals surface area contributed by atoms with Crippen molar-refractivity contribution in [2.45, 2.75) is 38.0 Å². The summed E-state index contributed by atoms with van der Waals surface area (Å²) >= 11 is 1.76. The van der Waals surface area contributed by atoms with Crippen LogP contribution >= 0.6 is 11.8 Å². The summed E-state index contributed by atoms with van der Waals surface area (Å²) in [5.74, 6) is 2.53. The Bertz CT molecular complexity index is 791. The molecule has 1 unspecified atom stereocenters. The fourth-order valence-corrected chi connectivity index (χ4v) is 4.80. The van der Waals surface area contributed by atoms with Crippen molar-refractivity contribution in [3.8, 4) is 11.5 Å². The van der Waals surface area contributed by atoms with Crippen LogP contribution in [-0.2, 0) is 6.42 Å². The summed E-state index contributed by atoms with van der Waals surface area (Å²) in [5.41, 5.74) is 3.02. The van der Waals surface area contributed by atoms with Gasteiger partial charge < -0.3 is 14.4 Å². The van der Waals surface area contributed by atoms with Gasteiger partial charge in [0.2, 0.25) is 0 Å². The van der Waals surface area contributed by atoms with Crippen molar-refractivity contribution < 1.29 is 14.3 Å². The van der Waals surface area contributed by atoms with Gasteiger partial charge in [-0.25, -0.2) is 0 Å². The summed E-state index contributed by atoms with van der Waals surface area (Å²) in [5, 5.41) is -0.0678. The first kappa shape index (κ1) is 20.6. The minimum atomic E-state index is -0.0678. The zero-order chi connectivity index (χ0) is 19.9. The molecule has 28 heavy (non-hydrogen) atoms. The van der Waals surface area contributed by atoms with E-state index in [1.165, 1.54) is 24.8 Å². The normalized spacial score (nSPS) is 16.2. The Labute approximate surface area is 172 Å². The maximum atomic E-state index is 13.2. The van der Waals surface area contributed by atoms with Crippen LogP contribution in [-0.4, -0.2) is 37.3 Å². The number of amides is 1. The summed E-state index contributed by atoms with van der Waals surface area (Å²) in [6, 6.07) is 13.9. The zero-order valence-corrected chi connectivity index (χ0v) is 17.8. The molecule has 0 bridgehead atoms. The molecule has 4 nitrogen and oxygen atoms in total. The fourth-order valence-electron chi connectivity index (χ4n) is 3.53. The molecule has 1 heterocycles. The third-order valence-corrected chi connectivity index (χ3v) is 6.37. The van der Waals surface area contributed by atoms with Crippen molar-refractivity contribution in [2.75, 3.05) is 26.5 Å².